The van der Waals surface area contributed by atoms with E-state index in [0.717, 1.165) is 25.0 Å². The first kappa shape index (κ1) is 13.1. The van der Waals surface area contributed by atoms with Crippen molar-refractivity contribution in [3.8, 4) is 10.6 Å². The molecular weight excluding hydrogens is 388 g/mol. The lowest BCUT2D eigenvalue weighted by atomic mass is 10.2. The zero-order valence-corrected chi connectivity index (χ0v) is 14.1. The van der Waals surface area contributed by atoms with Crippen LogP contribution in [0.25, 0.3) is 20.8 Å². The third-order valence-electron chi connectivity index (χ3n) is 2.95. The minimum Gasteiger partial charge on any atom is -0.397 e. The number of benzene rings is 2. The molecule has 0 saturated heterocycles. The fourth-order valence-corrected chi connectivity index (χ4v) is 4.13. The number of hydrogen-bond donors (Lipinski definition) is 1. The predicted octanol–water partition coefficient (Wildman–Crippen LogP) is 5.38. The number of nitrogens with zero attached hydrogens (tertiary/aromatic N) is 1. The highest BCUT2D eigenvalue weighted by Crippen LogP contribution is 2.37. The van der Waals surface area contributed by atoms with E-state index in [1.807, 2.05) is 12.1 Å². The fraction of sp³-hybridized carbons (Fsp3) is 0.0714. The maximum atomic E-state index is 5.92. The molecule has 2 aromatic carbocycles. The summed E-state index contributed by atoms with van der Waals surface area (Å²) in [5, 5.41) is 1.01. The lowest BCUT2D eigenvalue weighted by Gasteiger charge is -2.04. The molecule has 0 spiro atoms. The predicted molar refractivity (Wildman–Crippen MR) is 89.6 cm³/mol. The summed E-state index contributed by atoms with van der Waals surface area (Å²) in [5.74, 6) is 0. The van der Waals surface area contributed by atoms with Crippen LogP contribution in [0.2, 0.25) is 0 Å². The van der Waals surface area contributed by atoms with Crippen LogP contribution in [-0.2, 0) is 0 Å². The number of fused-ring (bicyclic) bond motifs is 1. The molecule has 0 aliphatic carbocycles. The van der Waals surface area contributed by atoms with Gasteiger partial charge in [-0.25, -0.2) is 4.98 Å². The van der Waals surface area contributed by atoms with Crippen molar-refractivity contribution in [1.29, 1.82) is 0 Å². The van der Waals surface area contributed by atoms with Gasteiger partial charge in [0.2, 0.25) is 0 Å². The molecule has 0 atom stereocenters. The maximum Gasteiger partial charge on any atom is 0.124 e. The number of thiazole rings is 1. The molecule has 2 N–H and O–H groups in total. The topological polar surface area (TPSA) is 38.9 Å². The number of anilines is 1. The summed E-state index contributed by atoms with van der Waals surface area (Å²) in [6.45, 7) is 2.08. The smallest absolute Gasteiger partial charge is 0.124 e. The highest BCUT2D eigenvalue weighted by molar-refractivity contribution is 9.11. The Morgan fingerprint density at radius 1 is 1.16 bits per heavy atom. The quantitative estimate of drug-likeness (QED) is 0.560. The largest absolute Gasteiger partial charge is 0.397 e. The molecule has 0 fully saturated rings. The Bertz CT molecular complexity index is 757. The van der Waals surface area contributed by atoms with Crippen LogP contribution in [0.1, 0.15) is 5.56 Å². The van der Waals surface area contributed by atoms with Gasteiger partial charge in [0.25, 0.3) is 0 Å². The van der Waals surface area contributed by atoms with Crippen molar-refractivity contribution in [1.82, 2.24) is 4.98 Å². The second-order valence-corrected chi connectivity index (χ2v) is 7.03. The zero-order chi connectivity index (χ0) is 13.6. The van der Waals surface area contributed by atoms with Crippen LogP contribution in [0, 0.1) is 6.92 Å². The Labute approximate surface area is 131 Å². The molecule has 0 aliphatic heterocycles. The van der Waals surface area contributed by atoms with Gasteiger partial charge in [-0.2, -0.15) is 0 Å². The number of halogens is 2. The van der Waals surface area contributed by atoms with Gasteiger partial charge in [0.15, 0.2) is 0 Å². The molecule has 0 amide bonds. The molecule has 0 radical (unpaired) electrons. The number of nitrogens with two attached hydrogens (primary N) is 1. The first-order valence-electron chi connectivity index (χ1n) is 5.67. The maximum absolute atomic E-state index is 5.92. The molecule has 1 aromatic heterocycles. The Hall–Kier alpha value is -0.910. The van der Waals surface area contributed by atoms with Gasteiger partial charge in [0, 0.05) is 14.5 Å². The average Bonchev–Trinajstić information content (AvgIpc) is 2.81. The number of aryl methyl sites for hydroxylation is 1. The van der Waals surface area contributed by atoms with Gasteiger partial charge in [-0.15, -0.1) is 11.3 Å². The number of rotatable bonds is 1. The normalized spacial score (nSPS) is 11.1. The molecule has 96 valence electrons. The summed E-state index contributed by atoms with van der Waals surface area (Å²) in [4.78, 5) is 4.73. The summed E-state index contributed by atoms with van der Waals surface area (Å²) in [6.07, 6.45) is 0. The minimum atomic E-state index is 0.709. The van der Waals surface area contributed by atoms with Crippen LogP contribution in [0.3, 0.4) is 0 Å². The van der Waals surface area contributed by atoms with Gasteiger partial charge in [-0.05, 0) is 62.5 Å². The third kappa shape index (κ3) is 2.30. The van der Waals surface area contributed by atoms with E-state index in [9.17, 15) is 0 Å². The molecule has 2 nitrogen and oxygen atoms in total. The Morgan fingerprint density at radius 3 is 2.47 bits per heavy atom. The Kier molecular flexibility index (Phi) is 3.37. The Balaban J connectivity index is 2.22. The van der Waals surface area contributed by atoms with Crippen LogP contribution in [0.15, 0.2) is 39.3 Å². The fourth-order valence-electron chi connectivity index (χ4n) is 1.92. The van der Waals surface area contributed by atoms with Gasteiger partial charge >= 0.3 is 0 Å². The van der Waals surface area contributed by atoms with Crippen molar-refractivity contribution in [3.63, 3.8) is 0 Å². The SMILES string of the molecule is Cc1cccc2sc(-c3cc(Br)c(N)c(Br)c3)nc12. The molecule has 0 saturated carbocycles. The molecule has 0 aliphatic rings. The molecular formula is C14H10Br2N2S. The van der Waals surface area contributed by atoms with E-state index >= 15 is 0 Å². The second kappa shape index (κ2) is 4.89. The van der Waals surface area contributed by atoms with Crippen LogP contribution < -0.4 is 5.73 Å². The van der Waals surface area contributed by atoms with Crippen molar-refractivity contribution in [2.45, 2.75) is 6.92 Å². The molecule has 0 bridgehead atoms. The van der Waals surface area contributed by atoms with Gasteiger partial charge < -0.3 is 5.73 Å². The van der Waals surface area contributed by atoms with E-state index in [2.05, 4.69) is 57.0 Å². The van der Waals surface area contributed by atoms with Gasteiger partial charge in [-0.3, -0.25) is 0 Å². The molecule has 0 unspecified atom stereocenters. The van der Waals surface area contributed by atoms with E-state index in [0.29, 0.717) is 5.69 Å². The minimum absolute atomic E-state index is 0.709. The second-order valence-electron chi connectivity index (χ2n) is 4.29. The molecule has 5 heteroatoms. The summed E-state index contributed by atoms with van der Waals surface area (Å²) >= 11 is 8.64. The molecule has 19 heavy (non-hydrogen) atoms. The van der Waals surface area contributed by atoms with Gasteiger partial charge in [-0.1, -0.05) is 12.1 Å². The zero-order valence-electron chi connectivity index (χ0n) is 10.1. The number of aromatic nitrogens is 1. The van der Waals surface area contributed by atoms with Crippen LogP contribution in [0.5, 0.6) is 0 Å². The van der Waals surface area contributed by atoms with Crippen LogP contribution in [-0.4, -0.2) is 4.98 Å². The third-order valence-corrected chi connectivity index (χ3v) is 5.33. The van der Waals surface area contributed by atoms with E-state index in [4.69, 9.17) is 10.7 Å². The van der Waals surface area contributed by atoms with Crippen molar-refractivity contribution < 1.29 is 0 Å². The van der Waals surface area contributed by atoms with E-state index in [-0.39, 0.29) is 0 Å². The molecule has 3 rings (SSSR count). The van der Waals surface area contributed by atoms with Gasteiger partial charge in [0.1, 0.15) is 5.01 Å². The summed E-state index contributed by atoms with van der Waals surface area (Å²) in [7, 11) is 0. The standard InChI is InChI=1S/C14H10Br2N2S/c1-7-3-2-4-11-13(7)18-14(19-11)8-5-9(15)12(17)10(16)6-8/h2-6H,17H2,1H3. The lowest BCUT2D eigenvalue weighted by molar-refractivity contribution is 1.41. The number of hydrogen-bond acceptors (Lipinski definition) is 3. The summed E-state index contributed by atoms with van der Waals surface area (Å²) in [6, 6.07) is 10.3. The monoisotopic (exact) mass is 396 g/mol. The number of nitrogen functional groups attached to an aromatic ring is 1. The Morgan fingerprint density at radius 2 is 1.84 bits per heavy atom. The van der Waals surface area contributed by atoms with Crippen molar-refractivity contribution in [2.24, 2.45) is 0 Å². The van der Waals surface area contributed by atoms with Crippen molar-refractivity contribution >= 4 is 59.1 Å². The lowest BCUT2D eigenvalue weighted by Crippen LogP contribution is -1.89. The number of para-hydroxylation sites is 1. The first-order valence-corrected chi connectivity index (χ1v) is 8.07. The molecule has 3 aromatic rings. The average molecular weight is 398 g/mol. The van der Waals surface area contributed by atoms with E-state index in [1.54, 1.807) is 11.3 Å². The first-order chi connectivity index (χ1) is 9.06. The van der Waals surface area contributed by atoms with Crippen molar-refractivity contribution in [2.75, 3.05) is 5.73 Å². The van der Waals surface area contributed by atoms with E-state index < -0.39 is 0 Å². The van der Waals surface area contributed by atoms with Gasteiger partial charge in [0.05, 0.1) is 15.9 Å². The van der Waals surface area contributed by atoms with Crippen LogP contribution in [0.4, 0.5) is 5.69 Å². The highest BCUT2D eigenvalue weighted by atomic mass is 79.9. The van der Waals surface area contributed by atoms with Crippen LogP contribution >= 0.6 is 43.2 Å². The molecule has 1 heterocycles. The summed E-state index contributed by atoms with van der Waals surface area (Å²) < 4.78 is 2.97. The van der Waals surface area contributed by atoms with E-state index in [1.165, 1.54) is 10.3 Å². The highest BCUT2D eigenvalue weighted by Gasteiger charge is 2.11. The van der Waals surface area contributed by atoms with Crippen molar-refractivity contribution in [3.05, 3.63) is 44.8 Å². The summed E-state index contributed by atoms with van der Waals surface area (Å²) in [5.41, 5.74) is 9.97.